The van der Waals surface area contributed by atoms with E-state index in [4.69, 9.17) is 14.4 Å². The summed E-state index contributed by atoms with van der Waals surface area (Å²) in [5.74, 6) is -2.45. The molecule has 0 aromatic heterocycles. The van der Waals surface area contributed by atoms with Crippen LogP contribution in [-0.4, -0.2) is 26.3 Å². The average Bonchev–Trinajstić information content (AvgIpc) is 2.63. The van der Waals surface area contributed by atoms with Crippen molar-refractivity contribution in [3.63, 3.8) is 0 Å². The minimum Gasteiger partial charge on any atom is -0.367 e. The van der Waals surface area contributed by atoms with Crippen LogP contribution in [0.3, 0.4) is 0 Å². The first-order valence-electron chi connectivity index (χ1n) is 7.91. The number of alkyl halides is 3. The topological polar surface area (TPSA) is 56.8 Å². The molecule has 0 fully saturated rings. The second kappa shape index (κ2) is 7.46. The van der Waals surface area contributed by atoms with Crippen molar-refractivity contribution in [1.29, 1.82) is 0 Å². The second-order valence-corrected chi connectivity index (χ2v) is 6.78. The molecule has 0 radical (unpaired) electrons. The van der Waals surface area contributed by atoms with Gasteiger partial charge in [-0.15, -0.1) is 0 Å². The summed E-state index contributed by atoms with van der Waals surface area (Å²) in [6, 6.07) is 13.3. The normalized spacial score (nSPS) is 18.9. The van der Waals surface area contributed by atoms with Crippen LogP contribution in [0.5, 0.6) is 5.75 Å². The van der Waals surface area contributed by atoms with E-state index in [1.807, 2.05) is 0 Å². The Bertz CT molecular complexity index is 948. The molecule has 0 bridgehead atoms. The summed E-state index contributed by atoms with van der Waals surface area (Å²) in [5, 5.41) is 0. The lowest BCUT2D eigenvalue weighted by molar-refractivity contribution is -0.201. The average molecular weight is 460 g/mol. The molecule has 0 spiro atoms. The van der Waals surface area contributed by atoms with Gasteiger partial charge in [0.2, 0.25) is 5.75 Å². The van der Waals surface area contributed by atoms with Gasteiger partial charge in [0, 0.05) is 16.6 Å². The van der Waals surface area contributed by atoms with E-state index in [9.17, 15) is 18.0 Å². The van der Waals surface area contributed by atoms with Gasteiger partial charge in [0.25, 0.3) is 0 Å². The van der Waals surface area contributed by atoms with Crippen LogP contribution in [0.15, 0.2) is 58.9 Å². The highest BCUT2D eigenvalue weighted by atomic mass is 79.9. The summed E-state index contributed by atoms with van der Waals surface area (Å²) in [5.41, 5.74) is 3.33. The fourth-order valence-electron chi connectivity index (χ4n) is 2.72. The Kier molecular flexibility index (Phi) is 5.37. The summed E-state index contributed by atoms with van der Waals surface area (Å²) in [7, 11) is 2.74. The van der Waals surface area contributed by atoms with E-state index in [-0.39, 0.29) is 5.70 Å². The lowest BCUT2D eigenvalue weighted by atomic mass is 10.1. The van der Waals surface area contributed by atoms with Gasteiger partial charge in [0.1, 0.15) is 7.05 Å². The molecule has 10 heteroatoms. The first-order chi connectivity index (χ1) is 13.2. The highest BCUT2D eigenvalue weighted by molar-refractivity contribution is 9.10. The van der Waals surface area contributed by atoms with E-state index in [0.717, 1.165) is 0 Å². The van der Waals surface area contributed by atoms with Gasteiger partial charge in [0.05, 0.1) is 12.7 Å². The number of quaternary nitrogens is 1. The van der Waals surface area contributed by atoms with Crippen LogP contribution in [0.25, 0.3) is 5.70 Å². The first kappa shape index (κ1) is 20.2. The predicted molar refractivity (Wildman–Crippen MR) is 98.1 cm³/mol. The molecule has 1 heterocycles. The van der Waals surface area contributed by atoms with Gasteiger partial charge in [-0.05, 0) is 22.8 Å². The Morgan fingerprint density at radius 3 is 2.54 bits per heavy atom. The zero-order valence-electron chi connectivity index (χ0n) is 14.7. The number of nitrogens with one attached hydrogen (secondary N) is 1. The van der Waals surface area contributed by atoms with Gasteiger partial charge >= 0.3 is 18.0 Å². The fraction of sp³-hybridized carbons (Fsp3) is 0.167. The third kappa shape index (κ3) is 3.71. The number of esters is 1. The molecule has 1 aliphatic heterocycles. The minimum absolute atomic E-state index is 0.0319. The molecular formula is C18H15BrF3N2O4+. The molecule has 0 saturated carbocycles. The van der Waals surface area contributed by atoms with E-state index >= 15 is 0 Å². The van der Waals surface area contributed by atoms with Gasteiger partial charge < -0.3 is 9.57 Å². The molecule has 28 heavy (non-hydrogen) atoms. The number of halogens is 4. The number of benzene rings is 2. The Labute approximate surface area is 166 Å². The molecule has 1 unspecified atom stereocenters. The third-order valence-corrected chi connectivity index (χ3v) is 4.46. The number of para-hydroxylation sites is 1. The van der Waals surface area contributed by atoms with Crippen molar-refractivity contribution < 1.29 is 32.4 Å². The van der Waals surface area contributed by atoms with E-state index in [2.05, 4.69) is 21.4 Å². The maximum absolute atomic E-state index is 12.9. The Hall–Kier alpha value is -2.56. The largest absolute Gasteiger partial charge is 0.491 e. The maximum atomic E-state index is 12.9. The molecule has 1 N–H and O–H groups in total. The zero-order valence-corrected chi connectivity index (χ0v) is 16.3. The number of hydrogen-bond acceptors (Lipinski definition) is 5. The van der Waals surface area contributed by atoms with Crippen LogP contribution in [0.2, 0.25) is 0 Å². The summed E-state index contributed by atoms with van der Waals surface area (Å²) < 4.78 is 43.5. The lowest BCUT2D eigenvalue weighted by Crippen LogP contribution is -2.52. The number of rotatable bonds is 4. The maximum Gasteiger partial charge on any atom is 0.491 e. The molecular weight excluding hydrogens is 445 g/mol. The number of ether oxygens (including phenoxy) is 1. The number of hydrogen-bond donors (Lipinski definition) is 1. The SMILES string of the molecule is CONC1=C(OC(=O)C(F)(F)F)[N+](C)(c2cccc(Br)c2)Oc2ccccc21. The number of carbonyl (C=O) groups is 1. The Morgan fingerprint density at radius 2 is 1.89 bits per heavy atom. The van der Waals surface area contributed by atoms with Crippen LogP contribution in [-0.2, 0) is 14.4 Å². The highest BCUT2D eigenvalue weighted by Crippen LogP contribution is 2.42. The molecule has 0 amide bonds. The molecule has 1 aliphatic rings. The summed E-state index contributed by atoms with van der Waals surface area (Å²) in [4.78, 5) is 22.6. The van der Waals surface area contributed by atoms with Crippen molar-refractivity contribution in [2.24, 2.45) is 0 Å². The first-order valence-corrected chi connectivity index (χ1v) is 8.70. The number of carbonyl (C=O) groups excluding carboxylic acids is 1. The summed E-state index contributed by atoms with van der Waals surface area (Å²) in [6.07, 6.45) is -5.19. The monoisotopic (exact) mass is 459 g/mol. The molecule has 0 saturated heterocycles. The Morgan fingerprint density at radius 1 is 1.18 bits per heavy atom. The van der Waals surface area contributed by atoms with Crippen molar-refractivity contribution in [1.82, 2.24) is 10.1 Å². The molecule has 2 aromatic carbocycles. The van der Waals surface area contributed by atoms with Crippen molar-refractivity contribution in [2.45, 2.75) is 6.18 Å². The highest BCUT2D eigenvalue weighted by Gasteiger charge is 2.51. The quantitative estimate of drug-likeness (QED) is 0.420. The minimum atomic E-state index is -5.19. The van der Waals surface area contributed by atoms with E-state index in [0.29, 0.717) is 21.5 Å². The third-order valence-electron chi connectivity index (χ3n) is 3.96. The van der Waals surface area contributed by atoms with Crippen molar-refractivity contribution in [3.8, 4) is 5.75 Å². The van der Waals surface area contributed by atoms with Gasteiger partial charge in [-0.25, -0.2) is 4.79 Å². The van der Waals surface area contributed by atoms with E-state index in [1.165, 1.54) is 14.2 Å². The molecule has 148 valence electrons. The van der Waals surface area contributed by atoms with Crippen LogP contribution >= 0.6 is 15.9 Å². The summed E-state index contributed by atoms with van der Waals surface area (Å²) >= 11 is 3.32. The van der Waals surface area contributed by atoms with Gasteiger partial charge in [-0.2, -0.15) is 13.2 Å². The van der Waals surface area contributed by atoms with Gasteiger partial charge in [-0.1, -0.05) is 34.1 Å². The molecule has 2 aromatic rings. The van der Waals surface area contributed by atoms with Crippen LogP contribution in [0, 0.1) is 0 Å². The molecule has 6 nitrogen and oxygen atoms in total. The molecule has 1 atom stereocenters. The van der Waals surface area contributed by atoms with Crippen molar-refractivity contribution in [2.75, 3.05) is 14.2 Å². The van der Waals surface area contributed by atoms with Crippen LogP contribution in [0.4, 0.5) is 18.9 Å². The number of fused-ring (bicyclic) bond motifs is 1. The summed E-state index contributed by atoms with van der Waals surface area (Å²) in [6.45, 7) is 0. The van der Waals surface area contributed by atoms with Crippen molar-refractivity contribution >= 4 is 33.3 Å². The van der Waals surface area contributed by atoms with Gasteiger partial charge in [0.15, 0.2) is 11.4 Å². The van der Waals surface area contributed by atoms with Crippen molar-refractivity contribution in [3.05, 3.63) is 64.5 Å². The standard InChI is InChI=1S/C18H15BrF3N2O4/c1-24(12-7-5-6-11(19)10-12)16(27-17(25)18(20,21)22)15(23-26-2)13-8-3-4-9-14(13)28-24/h3-10,23H,1-2H3/q+1. The van der Waals surface area contributed by atoms with Crippen LogP contribution in [0.1, 0.15) is 5.56 Å². The number of nitrogens with zero attached hydrogens (tertiary/aromatic N) is 1. The Balaban J connectivity index is 2.25. The van der Waals surface area contributed by atoms with Crippen LogP contribution < -0.4 is 15.0 Å². The number of hydroxylamine groups is 3. The lowest BCUT2D eigenvalue weighted by Gasteiger charge is -2.36. The molecule has 3 rings (SSSR count). The predicted octanol–water partition coefficient (Wildman–Crippen LogP) is 4.28. The molecule has 0 aliphatic carbocycles. The van der Waals surface area contributed by atoms with E-state index < -0.39 is 22.7 Å². The van der Waals surface area contributed by atoms with Gasteiger partial charge in [-0.3, -0.25) is 10.3 Å². The smallest absolute Gasteiger partial charge is 0.367 e. The zero-order chi connectivity index (χ0) is 20.5. The van der Waals surface area contributed by atoms with E-state index in [1.54, 1.807) is 48.5 Å². The fourth-order valence-corrected chi connectivity index (χ4v) is 3.10. The second-order valence-electron chi connectivity index (χ2n) is 5.87.